The predicted molar refractivity (Wildman–Crippen MR) is 88.1 cm³/mol. The van der Waals surface area contributed by atoms with Crippen LogP contribution in [0.25, 0.3) is 0 Å². The predicted octanol–water partition coefficient (Wildman–Crippen LogP) is 2.93. The van der Waals surface area contributed by atoms with E-state index in [1.165, 1.54) is 39.2 Å². The second-order valence-corrected chi connectivity index (χ2v) is 7.52. The lowest BCUT2D eigenvalue weighted by Crippen LogP contribution is -2.52. The van der Waals surface area contributed by atoms with E-state index >= 15 is 0 Å². The highest BCUT2D eigenvalue weighted by atomic mass is 16.5. The smallest absolute Gasteiger partial charge is 0.313 e. The number of ether oxygens (including phenoxy) is 1. The molecule has 0 aromatic rings. The molecule has 1 aliphatic carbocycles. The first-order valence-electron chi connectivity index (χ1n) is 8.98. The van der Waals surface area contributed by atoms with E-state index < -0.39 is 11.4 Å². The van der Waals surface area contributed by atoms with E-state index in [9.17, 15) is 14.7 Å². The number of rotatable bonds is 6. The van der Waals surface area contributed by atoms with Crippen LogP contribution in [0, 0.1) is 17.3 Å². The Balaban J connectivity index is 1.94. The molecule has 2 unspecified atom stereocenters. The number of carboxylic acid groups (broad SMARTS) is 1. The van der Waals surface area contributed by atoms with Gasteiger partial charge in [0.1, 0.15) is 5.41 Å². The number of carbonyl (C=O) groups is 2. The molecule has 2 fully saturated rings. The average molecular weight is 325 g/mol. The standard InChI is InChI=1S/C18H31NO4/c1-14(15-7-4-3-5-8-15)11-16(20)19-10-6-9-18(12-19,13-23-2)17(21)22/h14-15H,3-13H2,1-2H3,(H,21,22). The second-order valence-electron chi connectivity index (χ2n) is 7.52. The highest BCUT2D eigenvalue weighted by Gasteiger charge is 2.44. The van der Waals surface area contributed by atoms with E-state index in [-0.39, 0.29) is 19.1 Å². The van der Waals surface area contributed by atoms with Crippen molar-refractivity contribution in [3.8, 4) is 0 Å². The van der Waals surface area contributed by atoms with Gasteiger partial charge in [-0.1, -0.05) is 39.0 Å². The Hall–Kier alpha value is -1.10. The average Bonchev–Trinajstić information content (AvgIpc) is 2.56. The molecular weight excluding hydrogens is 294 g/mol. The van der Waals surface area contributed by atoms with Gasteiger partial charge >= 0.3 is 5.97 Å². The van der Waals surface area contributed by atoms with E-state index in [0.29, 0.717) is 31.2 Å². The molecule has 1 saturated heterocycles. The van der Waals surface area contributed by atoms with Gasteiger partial charge in [0.25, 0.3) is 0 Å². The van der Waals surface area contributed by atoms with Crippen molar-refractivity contribution in [2.45, 2.75) is 58.3 Å². The van der Waals surface area contributed by atoms with Crippen LogP contribution in [0.15, 0.2) is 0 Å². The summed E-state index contributed by atoms with van der Waals surface area (Å²) < 4.78 is 5.13. The molecule has 0 radical (unpaired) electrons. The van der Waals surface area contributed by atoms with E-state index in [0.717, 1.165) is 6.42 Å². The molecule has 1 aliphatic heterocycles. The van der Waals surface area contributed by atoms with E-state index in [1.807, 2.05) is 0 Å². The third-order valence-electron chi connectivity index (χ3n) is 5.76. The number of carboxylic acids is 1. The number of nitrogens with zero attached hydrogens (tertiary/aromatic N) is 1. The third kappa shape index (κ3) is 4.46. The molecule has 0 bridgehead atoms. The molecule has 1 saturated carbocycles. The molecule has 5 nitrogen and oxygen atoms in total. The molecule has 132 valence electrons. The normalized spacial score (nSPS) is 27.7. The highest BCUT2D eigenvalue weighted by Crippen LogP contribution is 2.34. The van der Waals surface area contributed by atoms with Gasteiger partial charge in [-0.2, -0.15) is 0 Å². The number of likely N-dealkylation sites (tertiary alicyclic amines) is 1. The third-order valence-corrected chi connectivity index (χ3v) is 5.76. The number of piperidine rings is 1. The molecule has 0 aromatic carbocycles. The van der Waals surface area contributed by atoms with Crippen LogP contribution in [0.4, 0.5) is 0 Å². The highest BCUT2D eigenvalue weighted by molar-refractivity contribution is 5.80. The van der Waals surface area contributed by atoms with Crippen LogP contribution in [0.3, 0.4) is 0 Å². The Kier molecular flexibility index (Phi) is 6.45. The lowest BCUT2D eigenvalue weighted by Gasteiger charge is -2.40. The maximum absolute atomic E-state index is 12.7. The SMILES string of the molecule is COCC1(C(=O)O)CCCN(C(=O)CC(C)C2CCCCC2)C1. The van der Waals surface area contributed by atoms with Crippen molar-refractivity contribution in [2.24, 2.45) is 17.3 Å². The first kappa shape index (κ1) is 18.2. The van der Waals surface area contributed by atoms with Crippen molar-refractivity contribution in [1.29, 1.82) is 0 Å². The first-order chi connectivity index (χ1) is 11.0. The van der Waals surface area contributed by atoms with Crippen molar-refractivity contribution < 1.29 is 19.4 Å². The summed E-state index contributed by atoms with van der Waals surface area (Å²) in [6, 6.07) is 0. The number of carbonyl (C=O) groups excluding carboxylic acids is 1. The molecule has 2 atom stereocenters. The lowest BCUT2D eigenvalue weighted by molar-refractivity contribution is -0.159. The lowest BCUT2D eigenvalue weighted by atomic mass is 9.78. The molecule has 5 heteroatoms. The monoisotopic (exact) mass is 325 g/mol. The van der Waals surface area contributed by atoms with Crippen molar-refractivity contribution in [3.05, 3.63) is 0 Å². The number of methoxy groups -OCH3 is 1. The largest absolute Gasteiger partial charge is 0.481 e. The molecule has 2 aliphatic rings. The Morgan fingerprint density at radius 2 is 1.96 bits per heavy atom. The topological polar surface area (TPSA) is 66.8 Å². The fourth-order valence-corrected chi connectivity index (χ4v) is 4.25. The Morgan fingerprint density at radius 3 is 2.57 bits per heavy atom. The molecule has 1 heterocycles. The summed E-state index contributed by atoms with van der Waals surface area (Å²) in [7, 11) is 1.52. The van der Waals surface area contributed by atoms with Crippen LogP contribution in [0.5, 0.6) is 0 Å². The summed E-state index contributed by atoms with van der Waals surface area (Å²) in [5, 5.41) is 9.59. The van der Waals surface area contributed by atoms with Crippen molar-refractivity contribution >= 4 is 11.9 Å². The number of aliphatic carboxylic acids is 1. The minimum Gasteiger partial charge on any atom is -0.481 e. The Morgan fingerprint density at radius 1 is 1.26 bits per heavy atom. The molecule has 0 aromatic heterocycles. The van der Waals surface area contributed by atoms with Crippen LogP contribution in [-0.4, -0.2) is 48.7 Å². The summed E-state index contributed by atoms with van der Waals surface area (Å²) in [6.45, 7) is 3.31. The van der Waals surface area contributed by atoms with Gasteiger partial charge in [0, 0.05) is 26.6 Å². The Bertz CT molecular complexity index is 415. The zero-order valence-electron chi connectivity index (χ0n) is 14.6. The zero-order valence-corrected chi connectivity index (χ0v) is 14.6. The molecule has 23 heavy (non-hydrogen) atoms. The van der Waals surface area contributed by atoms with Gasteiger partial charge in [-0.15, -0.1) is 0 Å². The quantitative estimate of drug-likeness (QED) is 0.815. The zero-order chi connectivity index (χ0) is 16.9. The van der Waals surface area contributed by atoms with Crippen LogP contribution < -0.4 is 0 Å². The fraction of sp³-hybridized carbons (Fsp3) is 0.889. The van der Waals surface area contributed by atoms with Crippen molar-refractivity contribution in [1.82, 2.24) is 4.90 Å². The Labute approximate surface area is 139 Å². The molecule has 1 N–H and O–H groups in total. The van der Waals surface area contributed by atoms with Gasteiger partial charge in [-0.25, -0.2) is 0 Å². The van der Waals surface area contributed by atoms with E-state index in [4.69, 9.17) is 4.74 Å². The minimum absolute atomic E-state index is 0.115. The van der Waals surface area contributed by atoms with Crippen molar-refractivity contribution in [3.63, 3.8) is 0 Å². The maximum Gasteiger partial charge on any atom is 0.313 e. The minimum atomic E-state index is -0.934. The van der Waals surface area contributed by atoms with Gasteiger partial charge in [0.2, 0.25) is 5.91 Å². The summed E-state index contributed by atoms with van der Waals surface area (Å²) in [5.41, 5.74) is -0.934. The van der Waals surface area contributed by atoms with Crippen LogP contribution in [0.1, 0.15) is 58.3 Å². The van der Waals surface area contributed by atoms with E-state index in [2.05, 4.69) is 6.92 Å². The number of hydrogen-bond acceptors (Lipinski definition) is 3. The summed E-state index contributed by atoms with van der Waals surface area (Å²) in [4.78, 5) is 26.1. The number of amides is 1. The molecule has 2 rings (SSSR count). The van der Waals surface area contributed by atoms with Gasteiger partial charge in [0.05, 0.1) is 6.61 Å². The van der Waals surface area contributed by atoms with Gasteiger partial charge < -0.3 is 14.7 Å². The molecule has 1 amide bonds. The van der Waals surface area contributed by atoms with Gasteiger partial charge in [-0.05, 0) is 24.7 Å². The van der Waals surface area contributed by atoms with Crippen LogP contribution in [0.2, 0.25) is 0 Å². The van der Waals surface area contributed by atoms with Crippen LogP contribution >= 0.6 is 0 Å². The summed E-state index contributed by atoms with van der Waals surface area (Å²) >= 11 is 0. The molecular formula is C18H31NO4. The number of hydrogen-bond donors (Lipinski definition) is 1. The second kappa shape index (κ2) is 8.13. The summed E-state index contributed by atoms with van der Waals surface area (Å²) in [6.07, 6.45) is 8.21. The van der Waals surface area contributed by atoms with Crippen molar-refractivity contribution in [2.75, 3.05) is 26.8 Å². The van der Waals surface area contributed by atoms with E-state index in [1.54, 1.807) is 4.90 Å². The van der Waals surface area contributed by atoms with Gasteiger partial charge in [-0.3, -0.25) is 9.59 Å². The van der Waals surface area contributed by atoms with Crippen LogP contribution in [-0.2, 0) is 14.3 Å². The summed E-state index contributed by atoms with van der Waals surface area (Å²) in [5.74, 6) is 0.314. The fourth-order valence-electron chi connectivity index (χ4n) is 4.25. The molecule has 0 spiro atoms. The maximum atomic E-state index is 12.7. The van der Waals surface area contributed by atoms with Gasteiger partial charge in [0.15, 0.2) is 0 Å². The first-order valence-corrected chi connectivity index (χ1v) is 8.98.